The molecule has 0 atom stereocenters. The molecule has 0 saturated heterocycles. The molecular weight excluding hydrogens is 202 g/mol. The molecule has 76 valence electrons. The van der Waals surface area contributed by atoms with Crippen LogP contribution >= 0.6 is 11.6 Å². The van der Waals surface area contributed by atoms with Crippen molar-refractivity contribution in [1.82, 2.24) is 4.98 Å². The number of halogens is 1. The number of aromatic nitrogens is 1. The van der Waals surface area contributed by atoms with Crippen molar-refractivity contribution in [2.45, 2.75) is 18.8 Å². The zero-order valence-electron chi connectivity index (χ0n) is 7.94. The molecule has 2 rings (SSSR count). The van der Waals surface area contributed by atoms with Crippen molar-refractivity contribution in [2.75, 3.05) is 7.11 Å². The highest BCUT2D eigenvalue weighted by atomic mass is 35.5. The molecule has 1 saturated carbocycles. The fourth-order valence-corrected chi connectivity index (χ4v) is 1.20. The molecule has 4 heteroatoms. The molecule has 3 nitrogen and oxygen atoms in total. The highest BCUT2D eigenvalue weighted by Crippen LogP contribution is 2.38. The van der Waals surface area contributed by atoms with Crippen LogP contribution in [0.5, 0.6) is 0 Å². The van der Waals surface area contributed by atoms with Gasteiger partial charge in [0.25, 0.3) is 6.47 Å². The van der Waals surface area contributed by atoms with Gasteiger partial charge in [-0.2, -0.15) is 0 Å². The Morgan fingerprint density at radius 1 is 1.57 bits per heavy atom. The summed E-state index contributed by atoms with van der Waals surface area (Å²) in [6.07, 6.45) is 2.57. The molecule has 1 heterocycles. The molecule has 1 aliphatic rings. The number of hydrogen-bond acceptors (Lipinski definition) is 3. The second-order valence-corrected chi connectivity index (χ2v) is 3.38. The average Bonchev–Trinajstić information content (AvgIpc) is 3.02. The lowest BCUT2D eigenvalue weighted by Gasteiger charge is -1.94. The number of carbonyl (C=O) groups is 1. The smallest absolute Gasteiger partial charge is 0.292 e. The molecule has 0 N–H and O–H groups in total. The minimum Gasteiger partial charge on any atom is -0.471 e. The molecular formula is C10H12ClNO2. The zero-order chi connectivity index (χ0) is 10.4. The third kappa shape index (κ3) is 3.75. The third-order valence-corrected chi connectivity index (χ3v) is 2.04. The van der Waals surface area contributed by atoms with E-state index in [9.17, 15) is 0 Å². The zero-order valence-corrected chi connectivity index (χ0v) is 8.70. The maximum atomic E-state index is 8.95. The Bertz CT molecular complexity index is 300. The SMILES string of the molecule is COC=O.Clc1cccc(C2CC2)n1. The van der Waals surface area contributed by atoms with E-state index in [1.807, 2.05) is 18.2 Å². The minimum atomic E-state index is 0.375. The number of hydrogen-bond donors (Lipinski definition) is 0. The summed E-state index contributed by atoms with van der Waals surface area (Å²) in [6, 6.07) is 5.82. The van der Waals surface area contributed by atoms with Crippen molar-refractivity contribution in [2.24, 2.45) is 0 Å². The van der Waals surface area contributed by atoms with Crippen LogP contribution in [0.2, 0.25) is 5.15 Å². The average molecular weight is 214 g/mol. The van der Waals surface area contributed by atoms with Gasteiger partial charge in [0.2, 0.25) is 0 Å². The lowest BCUT2D eigenvalue weighted by Crippen LogP contribution is -1.83. The van der Waals surface area contributed by atoms with Crippen LogP contribution in [0, 0.1) is 0 Å². The quantitative estimate of drug-likeness (QED) is 0.560. The van der Waals surface area contributed by atoms with Crippen LogP contribution < -0.4 is 0 Å². The number of ether oxygens (including phenoxy) is 1. The molecule has 0 aliphatic heterocycles. The summed E-state index contributed by atoms with van der Waals surface area (Å²) in [4.78, 5) is 13.2. The van der Waals surface area contributed by atoms with E-state index in [-0.39, 0.29) is 0 Å². The first-order valence-electron chi connectivity index (χ1n) is 4.37. The van der Waals surface area contributed by atoms with E-state index in [4.69, 9.17) is 16.4 Å². The molecule has 0 radical (unpaired) electrons. The monoisotopic (exact) mass is 213 g/mol. The Balaban J connectivity index is 0.000000213. The second-order valence-electron chi connectivity index (χ2n) is 2.99. The van der Waals surface area contributed by atoms with Gasteiger partial charge < -0.3 is 4.74 Å². The van der Waals surface area contributed by atoms with Gasteiger partial charge in [-0.3, -0.25) is 4.79 Å². The number of rotatable bonds is 2. The summed E-state index contributed by atoms with van der Waals surface area (Å²) >= 11 is 5.71. The molecule has 0 spiro atoms. The molecule has 1 aromatic heterocycles. The van der Waals surface area contributed by atoms with Gasteiger partial charge in [0.05, 0.1) is 7.11 Å². The van der Waals surface area contributed by atoms with Crippen LogP contribution in [-0.4, -0.2) is 18.6 Å². The molecule has 0 amide bonds. The van der Waals surface area contributed by atoms with Crippen molar-refractivity contribution in [1.29, 1.82) is 0 Å². The summed E-state index contributed by atoms with van der Waals surface area (Å²) in [6.45, 7) is 0.375. The van der Waals surface area contributed by atoms with Crippen LogP contribution in [-0.2, 0) is 9.53 Å². The highest BCUT2D eigenvalue weighted by Gasteiger charge is 2.24. The fraction of sp³-hybridized carbons (Fsp3) is 0.400. The van der Waals surface area contributed by atoms with Gasteiger partial charge in [0, 0.05) is 11.6 Å². The Kier molecular flexibility index (Phi) is 4.40. The topological polar surface area (TPSA) is 39.2 Å². The Morgan fingerprint density at radius 3 is 2.64 bits per heavy atom. The summed E-state index contributed by atoms with van der Waals surface area (Å²) in [5.41, 5.74) is 1.16. The van der Waals surface area contributed by atoms with Crippen molar-refractivity contribution in [3.8, 4) is 0 Å². The van der Waals surface area contributed by atoms with Crippen LogP contribution in [0.1, 0.15) is 24.5 Å². The summed E-state index contributed by atoms with van der Waals surface area (Å²) < 4.78 is 3.86. The Labute approximate surface area is 88.1 Å². The van der Waals surface area contributed by atoms with Gasteiger partial charge in [-0.25, -0.2) is 4.98 Å². The molecule has 0 aromatic carbocycles. The van der Waals surface area contributed by atoms with Gasteiger partial charge in [0.15, 0.2) is 0 Å². The molecule has 1 aliphatic carbocycles. The second kappa shape index (κ2) is 5.60. The third-order valence-electron chi connectivity index (χ3n) is 1.83. The molecule has 0 unspecified atom stereocenters. The summed E-state index contributed by atoms with van der Waals surface area (Å²) in [7, 11) is 1.31. The first-order chi connectivity index (χ1) is 6.77. The van der Waals surface area contributed by atoms with Gasteiger partial charge in [-0.15, -0.1) is 0 Å². The van der Waals surface area contributed by atoms with E-state index >= 15 is 0 Å². The Morgan fingerprint density at radius 2 is 2.21 bits per heavy atom. The largest absolute Gasteiger partial charge is 0.471 e. The number of nitrogens with zero attached hydrogens (tertiary/aromatic N) is 1. The summed E-state index contributed by atoms with van der Waals surface area (Å²) in [5, 5.41) is 0.615. The van der Waals surface area contributed by atoms with Crippen LogP contribution in [0.15, 0.2) is 18.2 Å². The number of pyridine rings is 1. The lowest BCUT2D eigenvalue weighted by molar-refractivity contribution is -0.126. The van der Waals surface area contributed by atoms with Crippen molar-refractivity contribution < 1.29 is 9.53 Å². The predicted molar refractivity (Wildman–Crippen MR) is 54.3 cm³/mol. The standard InChI is InChI=1S/C8H8ClN.C2H4O2/c9-8-3-1-2-7(10-8)6-4-5-6;1-4-2-3/h1-3,6H,4-5H2;2H,1H3. The predicted octanol–water partition coefficient (Wildman–Crippen LogP) is 2.40. The van der Waals surface area contributed by atoms with E-state index in [1.165, 1.54) is 20.0 Å². The van der Waals surface area contributed by atoms with E-state index in [1.54, 1.807) is 0 Å². The Hall–Kier alpha value is -1.09. The molecule has 0 bridgehead atoms. The first kappa shape index (κ1) is 11.0. The minimum absolute atomic E-state index is 0.375. The van der Waals surface area contributed by atoms with E-state index in [0.29, 0.717) is 17.5 Å². The van der Waals surface area contributed by atoms with Crippen molar-refractivity contribution in [3.05, 3.63) is 29.0 Å². The van der Waals surface area contributed by atoms with E-state index < -0.39 is 0 Å². The number of methoxy groups -OCH3 is 1. The van der Waals surface area contributed by atoms with Gasteiger partial charge in [-0.05, 0) is 25.0 Å². The van der Waals surface area contributed by atoms with E-state index in [2.05, 4.69) is 9.72 Å². The van der Waals surface area contributed by atoms with Gasteiger partial charge in [0.1, 0.15) is 5.15 Å². The maximum Gasteiger partial charge on any atom is 0.292 e. The van der Waals surface area contributed by atoms with Crippen LogP contribution in [0.3, 0.4) is 0 Å². The maximum absolute atomic E-state index is 8.95. The molecule has 1 aromatic rings. The van der Waals surface area contributed by atoms with Crippen molar-refractivity contribution >= 4 is 18.1 Å². The van der Waals surface area contributed by atoms with Crippen LogP contribution in [0.4, 0.5) is 0 Å². The van der Waals surface area contributed by atoms with Gasteiger partial charge in [-0.1, -0.05) is 17.7 Å². The van der Waals surface area contributed by atoms with Crippen molar-refractivity contribution in [3.63, 3.8) is 0 Å². The first-order valence-corrected chi connectivity index (χ1v) is 4.74. The molecule has 14 heavy (non-hydrogen) atoms. The molecule has 1 fully saturated rings. The lowest BCUT2D eigenvalue weighted by atomic mass is 10.3. The summed E-state index contributed by atoms with van der Waals surface area (Å²) in [5.74, 6) is 0.707. The number of carbonyl (C=O) groups excluding carboxylic acids is 1. The van der Waals surface area contributed by atoms with Crippen LogP contribution in [0.25, 0.3) is 0 Å². The van der Waals surface area contributed by atoms with Gasteiger partial charge >= 0.3 is 0 Å². The van der Waals surface area contributed by atoms with E-state index in [0.717, 1.165) is 5.69 Å². The fourth-order valence-electron chi connectivity index (χ4n) is 1.03. The highest BCUT2D eigenvalue weighted by molar-refractivity contribution is 6.29. The normalized spacial score (nSPS) is 13.9.